The van der Waals surface area contributed by atoms with Gasteiger partial charge in [0.15, 0.2) is 5.17 Å². The summed E-state index contributed by atoms with van der Waals surface area (Å²) in [5, 5.41) is 1.18. The van der Waals surface area contributed by atoms with Crippen molar-refractivity contribution in [2.45, 2.75) is 18.6 Å². The lowest BCUT2D eigenvalue weighted by atomic mass is 10.2. The number of ether oxygens (including phenoxy) is 2. The number of thioether (sulfide) groups is 1. The number of rotatable bonds is 5. The van der Waals surface area contributed by atoms with E-state index in [1.54, 1.807) is 37.1 Å². The van der Waals surface area contributed by atoms with Gasteiger partial charge in [-0.3, -0.25) is 4.79 Å². The van der Waals surface area contributed by atoms with E-state index in [1.165, 1.54) is 7.11 Å². The van der Waals surface area contributed by atoms with E-state index >= 15 is 0 Å². The SMILES string of the molecule is COCCN1CC(C)(C)S/C1=N\C(=O)c1cc(Cl)ccc1OC. The van der Waals surface area contributed by atoms with Gasteiger partial charge in [0.2, 0.25) is 0 Å². The van der Waals surface area contributed by atoms with Crippen LogP contribution in [0.5, 0.6) is 5.75 Å². The number of aliphatic imine (C=N–C) groups is 1. The van der Waals surface area contributed by atoms with Crippen LogP contribution in [-0.4, -0.2) is 54.6 Å². The van der Waals surface area contributed by atoms with Crippen molar-refractivity contribution < 1.29 is 14.3 Å². The van der Waals surface area contributed by atoms with E-state index in [-0.39, 0.29) is 10.7 Å². The number of hydrogen-bond acceptors (Lipinski definition) is 4. The summed E-state index contributed by atoms with van der Waals surface area (Å²) in [5.74, 6) is 0.112. The number of hydrogen-bond donors (Lipinski definition) is 0. The van der Waals surface area contributed by atoms with Crippen LogP contribution in [0.4, 0.5) is 0 Å². The molecule has 1 heterocycles. The number of nitrogens with zero attached hydrogens (tertiary/aromatic N) is 2. The van der Waals surface area contributed by atoms with E-state index in [2.05, 4.69) is 23.7 Å². The second-order valence-electron chi connectivity index (χ2n) is 5.82. The lowest BCUT2D eigenvalue weighted by Crippen LogP contribution is -2.32. The number of halogens is 1. The normalized spacial score (nSPS) is 18.5. The van der Waals surface area contributed by atoms with E-state index in [4.69, 9.17) is 21.1 Å². The first kappa shape index (κ1) is 18.1. The first-order valence-electron chi connectivity index (χ1n) is 7.26. The molecule has 1 fully saturated rings. The van der Waals surface area contributed by atoms with E-state index in [1.807, 2.05) is 0 Å². The largest absolute Gasteiger partial charge is 0.496 e. The number of amidine groups is 1. The lowest BCUT2D eigenvalue weighted by molar-refractivity contribution is 0.0998. The first-order valence-corrected chi connectivity index (χ1v) is 8.45. The van der Waals surface area contributed by atoms with Crippen LogP contribution in [0, 0.1) is 0 Å². The zero-order valence-corrected chi connectivity index (χ0v) is 15.3. The molecule has 1 saturated heterocycles. The second-order valence-corrected chi connectivity index (χ2v) is 7.93. The van der Waals surface area contributed by atoms with E-state index in [9.17, 15) is 4.79 Å². The van der Waals surface area contributed by atoms with Gasteiger partial charge in [0.05, 0.1) is 19.3 Å². The van der Waals surface area contributed by atoms with Gasteiger partial charge >= 0.3 is 0 Å². The minimum Gasteiger partial charge on any atom is -0.496 e. The molecule has 2 rings (SSSR count). The quantitative estimate of drug-likeness (QED) is 0.810. The molecule has 0 unspecified atom stereocenters. The maximum Gasteiger partial charge on any atom is 0.283 e. The Morgan fingerprint density at radius 2 is 2.17 bits per heavy atom. The van der Waals surface area contributed by atoms with E-state index < -0.39 is 0 Å². The molecule has 0 N–H and O–H groups in total. The van der Waals surface area contributed by atoms with Crippen LogP contribution >= 0.6 is 23.4 Å². The van der Waals surface area contributed by atoms with Crippen molar-refractivity contribution >= 4 is 34.4 Å². The standard InChI is InChI=1S/C16H21ClN2O3S/c1-16(2)10-19(7-8-21-3)15(23-16)18-14(20)12-9-11(17)5-6-13(12)22-4/h5-6,9H,7-8,10H2,1-4H3/b18-15-. The highest BCUT2D eigenvalue weighted by atomic mass is 35.5. The fraction of sp³-hybridized carbons (Fsp3) is 0.500. The minimum absolute atomic E-state index is 0.00523. The van der Waals surface area contributed by atoms with Crippen molar-refractivity contribution in [1.29, 1.82) is 0 Å². The summed E-state index contributed by atoms with van der Waals surface area (Å²) in [6.45, 7) is 6.37. The third-order valence-corrected chi connectivity index (χ3v) is 4.81. The van der Waals surface area contributed by atoms with Crippen LogP contribution in [0.2, 0.25) is 5.02 Å². The predicted octanol–water partition coefficient (Wildman–Crippen LogP) is 3.32. The number of methoxy groups -OCH3 is 2. The molecule has 1 amide bonds. The number of benzene rings is 1. The minimum atomic E-state index is -0.355. The molecule has 1 aliphatic heterocycles. The Morgan fingerprint density at radius 3 is 2.83 bits per heavy atom. The average molecular weight is 357 g/mol. The van der Waals surface area contributed by atoms with Gasteiger partial charge in [0.1, 0.15) is 5.75 Å². The molecule has 7 heteroatoms. The Kier molecular flexibility index (Phi) is 5.95. The van der Waals surface area contributed by atoms with Crippen LogP contribution in [0.25, 0.3) is 0 Å². The molecule has 5 nitrogen and oxygen atoms in total. The van der Waals surface area contributed by atoms with Gasteiger partial charge in [-0.1, -0.05) is 23.4 Å². The van der Waals surface area contributed by atoms with Crippen LogP contribution in [0.3, 0.4) is 0 Å². The molecule has 0 atom stereocenters. The van der Waals surface area contributed by atoms with Gasteiger partial charge in [0, 0.05) is 30.0 Å². The molecule has 0 bridgehead atoms. The van der Waals surface area contributed by atoms with Gasteiger partial charge in [-0.25, -0.2) is 0 Å². The summed E-state index contributed by atoms with van der Waals surface area (Å²) in [5.41, 5.74) is 0.365. The molecule has 1 aliphatic rings. The molecule has 0 aliphatic carbocycles. The second kappa shape index (κ2) is 7.55. The molecule has 1 aromatic carbocycles. The van der Waals surface area contributed by atoms with Crippen molar-refractivity contribution in [3.8, 4) is 5.75 Å². The average Bonchev–Trinajstić information content (AvgIpc) is 2.78. The molecular formula is C16H21ClN2O3S. The topological polar surface area (TPSA) is 51.1 Å². The summed E-state index contributed by atoms with van der Waals surface area (Å²) < 4.78 is 10.4. The summed E-state index contributed by atoms with van der Waals surface area (Å²) in [4.78, 5) is 18.9. The zero-order valence-electron chi connectivity index (χ0n) is 13.8. The Morgan fingerprint density at radius 1 is 1.43 bits per heavy atom. The van der Waals surface area contributed by atoms with E-state index in [0.717, 1.165) is 6.54 Å². The third kappa shape index (κ3) is 4.62. The Balaban J connectivity index is 2.28. The Hall–Kier alpha value is -1.24. The summed E-state index contributed by atoms with van der Waals surface area (Å²) in [6, 6.07) is 4.93. The molecular weight excluding hydrogens is 336 g/mol. The van der Waals surface area contributed by atoms with Crippen LogP contribution in [-0.2, 0) is 4.74 Å². The lowest BCUT2D eigenvalue weighted by Gasteiger charge is -2.19. The highest BCUT2D eigenvalue weighted by molar-refractivity contribution is 8.15. The Labute approximate surface area is 146 Å². The fourth-order valence-corrected chi connectivity index (χ4v) is 3.64. The van der Waals surface area contributed by atoms with Crippen LogP contribution in [0.1, 0.15) is 24.2 Å². The van der Waals surface area contributed by atoms with Crippen LogP contribution in [0.15, 0.2) is 23.2 Å². The first-order chi connectivity index (χ1) is 10.9. The summed E-state index contributed by atoms with van der Waals surface area (Å²) in [7, 11) is 3.18. The highest BCUT2D eigenvalue weighted by Crippen LogP contribution is 2.36. The molecule has 0 aromatic heterocycles. The fourth-order valence-electron chi connectivity index (χ4n) is 2.34. The molecule has 1 aromatic rings. The van der Waals surface area contributed by atoms with Gasteiger partial charge in [-0.2, -0.15) is 4.99 Å². The van der Waals surface area contributed by atoms with Crippen molar-refractivity contribution in [2.75, 3.05) is 33.9 Å². The monoisotopic (exact) mass is 356 g/mol. The number of amides is 1. The van der Waals surface area contributed by atoms with Crippen LogP contribution < -0.4 is 4.74 Å². The van der Waals surface area contributed by atoms with Crippen molar-refractivity contribution in [1.82, 2.24) is 4.90 Å². The molecule has 0 spiro atoms. The smallest absolute Gasteiger partial charge is 0.283 e. The molecule has 23 heavy (non-hydrogen) atoms. The zero-order chi connectivity index (χ0) is 17.0. The van der Waals surface area contributed by atoms with Crippen molar-refractivity contribution in [3.63, 3.8) is 0 Å². The van der Waals surface area contributed by atoms with Gasteiger partial charge in [0.25, 0.3) is 5.91 Å². The summed E-state index contributed by atoms with van der Waals surface area (Å²) in [6.07, 6.45) is 0. The van der Waals surface area contributed by atoms with Gasteiger partial charge in [-0.15, -0.1) is 0 Å². The highest BCUT2D eigenvalue weighted by Gasteiger charge is 2.35. The number of carbonyl (C=O) groups is 1. The summed E-state index contributed by atoms with van der Waals surface area (Å²) >= 11 is 7.58. The van der Waals surface area contributed by atoms with Gasteiger partial charge in [-0.05, 0) is 32.0 Å². The molecule has 0 radical (unpaired) electrons. The van der Waals surface area contributed by atoms with Gasteiger partial charge < -0.3 is 14.4 Å². The maximum atomic E-state index is 12.6. The number of carbonyl (C=O) groups excluding carboxylic acids is 1. The molecule has 126 valence electrons. The molecule has 0 saturated carbocycles. The maximum absolute atomic E-state index is 12.6. The van der Waals surface area contributed by atoms with E-state index in [0.29, 0.717) is 34.7 Å². The third-order valence-electron chi connectivity index (χ3n) is 3.36. The van der Waals surface area contributed by atoms with Crippen molar-refractivity contribution in [2.24, 2.45) is 4.99 Å². The predicted molar refractivity (Wildman–Crippen MR) is 94.9 cm³/mol. The Bertz CT molecular complexity index is 619. The van der Waals surface area contributed by atoms with Crippen molar-refractivity contribution in [3.05, 3.63) is 28.8 Å².